The second-order valence-electron chi connectivity index (χ2n) is 12.4. The fourth-order valence-corrected chi connectivity index (χ4v) is 8.43. The Kier molecular flexibility index (Phi) is 21.1. The van der Waals surface area contributed by atoms with Gasteiger partial charge in [-0.3, -0.25) is 14.3 Å². The third kappa shape index (κ3) is 16.1. The van der Waals surface area contributed by atoms with E-state index < -0.39 is 60.6 Å². The second-order valence-corrected chi connectivity index (χ2v) is 15.5. The minimum absolute atomic E-state index is 0.176. The van der Waals surface area contributed by atoms with Crippen molar-refractivity contribution in [3.8, 4) is 0 Å². The van der Waals surface area contributed by atoms with Crippen LogP contribution in [0.4, 0.5) is 0 Å². The molecule has 0 amide bonds. The molecule has 1 fully saturated rings. The van der Waals surface area contributed by atoms with E-state index in [4.69, 9.17) is 14.0 Å². The van der Waals surface area contributed by atoms with Gasteiger partial charge in [-0.05, 0) is 11.0 Å². The first kappa shape index (κ1) is 40.7. The molecule has 0 aromatic carbocycles. The van der Waals surface area contributed by atoms with Crippen LogP contribution in [0.1, 0.15) is 142 Å². The maximum Gasteiger partial charge on any atom is 0.628 e. The lowest BCUT2D eigenvalue weighted by atomic mass is 10.0. The second kappa shape index (κ2) is 23.8. The highest BCUT2D eigenvalue weighted by molar-refractivity contribution is 7.93. The molecule has 1 aromatic rings. The summed E-state index contributed by atoms with van der Waals surface area (Å²) in [5, 5.41) is 9.77. The van der Waals surface area contributed by atoms with Gasteiger partial charge in [-0.15, -0.1) is 4.52 Å². The number of aliphatic hydroxyl groups excluding tert-OH is 1. The molecule has 12 nitrogen and oxygen atoms in total. The first-order valence-electron chi connectivity index (χ1n) is 17.5. The summed E-state index contributed by atoms with van der Waals surface area (Å²) in [5.41, 5.74) is -1.37. The first-order valence-corrected chi connectivity index (χ1v) is 20.3. The predicted octanol–water partition coefficient (Wildman–Crippen LogP) is 6.23. The van der Waals surface area contributed by atoms with Gasteiger partial charge in [0.15, 0.2) is 12.3 Å². The number of sulfonamides is 1. The number of hydrogen-bond acceptors (Lipinski definition) is 9. The molecule has 2 unspecified atom stereocenters. The minimum Gasteiger partial charge on any atom is -0.394 e. The molecule has 5 atom stereocenters. The lowest BCUT2D eigenvalue weighted by Gasteiger charge is -2.20. The first-order chi connectivity index (χ1) is 22.2. The van der Waals surface area contributed by atoms with Gasteiger partial charge in [0.2, 0.25) is 0 Å². The molecular weight excluding hydrogens is 633 g/mol. The molecule has 1 aliphatic rings. The van der Waals surface area contributed by atoms with Crippen LogP contribution in [-0.4, -0.2) is 60.9 Å². The van der Waals surface area contributed by atoms with Crippen molar-refractivity contribution in [1.29, 1.82) is 0 Å². The maximum atomic E-state index is 12.6. The fraction of sp³-hybridized carbons (Fsp3) is 0.875. The monoisotopic (exact) mass is 692 g/mol. The van der Waals surface area contributed by atoms with Crippen LogP contribution in [0.2, 0.25) is 0 Å². The predicted molar refractivity (Wildman–Crippen MR) is 181 cm³/mol. The van der Waals surface area contributed by atoms with Gasteiger partial charge in [0.25, 0.3) is 15.6 Å². The Morgan fingerprint density at radius 3 is 1.76 bits per heavy atom. The molecule has 2 heterocycles. The van der Waals surface area contributed by atoms with Gasteiger partial charge in [-0.25, -0.2) is 13.2 Å². The van der Waals surface area contributed by atoms with Gasteiger partial charge in [-0.2, -0.15) is 0 Å². The van der Waals surface area contributed by atoms with Crippen LogP contribution in [0.15, 0.2) is 21.9 Å². The maximum absolute atomic E-state index is 12.6. The van der Waals surface area contributed by atoms with Crippen molar-refractivity contribution in [1.82, 2.24) is 14.0 Å². The molecule has 0 bridgehead atoms. The van der Waals surface area contributed by atoms with Crippen molar-refractivity contribution in [3.05, 3.63) is 33.1 Å². The van der Waals surface area contributed by atoms with Crippen LogP contribution < -0.4 is 15.7 Å². The summed E-state index contributed by atoms with van der Waals surface area (Å²) >= 11 is 0. The summed E-state index contributed by atoms with van der Waals surface area (Å²) < 4.78 is 57.3. The lowest BCUT2D eigenvalue weighted by molar-refractivity contribution is -0.0625. The van der Waals surface area contributed by atoms with Gasteiger partial charge >= 0.3 is 13.9 Å². The van der Waals surface area contributed by atoms with Gasteiger partial charge in [0.05, 0.1) is 12.4 Å². The molecule has 266 valence electrons. The lowest BCUT2D eigenvalue weighted by Crippen LogP contribution is -2.39. The van der Waals surface area contributed by atoms with Crippen LogP contribution in [0.5, 0.6) is 0 Å². The van der Waals surface area contributed by atoms with Crippen molar-refractivity contribution < 1.29 is 32.1 Å². The number of nitrogens with one attached hydrogen (secondary N) is 2. The molecule has 46 heavy (non-hydrogen) atoms. The Balaban J connectivity index is 1.53. The summed E-state index contributed by atoms with van der Waals surface area (Å²) in [5.74, 6) is -0.176. The zero-order valence-corrected chi connectivity index (χ0v) is 29.7. The number of aromatic amines is 1. The van der Waals surface area contributed by atoms with Crippen molar-refractivity contribution >= 4 is 18.2 Å². The Bertz CT molecular complexity index is 1190. The molecule has 14 heteroatoms. The Hall–Kier alpha value is -1.47. The Labute approximate surface area is 276 Å². The van der Waals surface area contributed by atoms with E-state index in [0.29, 0.717) is 6.42 Å². The number of rotatable bonds is 28. The van der Waals surface area contributed by atoms with Crippen LogP contribution in [-0.2, 0) is 28.6 Å². The molecule has 0 saturated carbocycles. The van der Waals surface area contributed by atoms with Crippen LogP contribution in [0, 0.1) is 0 Å². The number of methoxy groups -OCH3 is 1. The van der Waals surface area contributed by atoms with E-state index in [1.807, 2.05) is 0 Å². The van der Waals surface area contributed by atoms with E-state index in [-0.39, 0.29) is 5.75 Å². The number of aromatic nitrogens is 2. The highest BCUT2D eigenvalue weighted by Gasteiger charge is 2.51. The van der Waals surface area contributed by atoms with Gasteiger partial charge in [0.1, 0.15) is 12.2 Å². The summed E-state index contributed by atoms with van der Waals surface area (Å²) in [7, 11) is -5.46. The van der Waals surface area contributed by atoms with E-state index in [0.717, 1.165) is 36.3 Å². The largest absolute Gasteiger partial charge is 0.628 e. The summed E-state index contributed by atoms with van der Waals surface area (Å²) in [6.45, 7) is 1.70. The SMILES string of the molecule is CCCCCCCCCCCCCCCCCCCCCCS(=O)(=O)N[P+](=O)OC1[C@@H](CO)O[C@@H](n2ccc(=O)[nH]c2=O)[C@H]1OC. The van der Waals surface area contributed by atoms with Crippen molar-refractivity contribution in [2.75, 3.05) is 19.5 Å². The van der Waals surface area contributed by atoms with Crippen molar-refractivity contribution in [2.24, 2.45) is 0 Å². The third-order valence-corrected chi connectivity index (χ3v) is 11.5. The van der Waals surface area contributed by atoms with Gasteiger partial charge in [0, 0.05) is 23.9 Å². The number of unbranched alkanes of at least 4 members (excludes halogenated alkanes) is 19. The van der Waals surface area contributed by atoms with Crippen LogP contribution >= 0.6 is 8.18 Å². The van der Waals surface area contributed by atoms with Gasteiger partial charge < -0.3 is 14.6 Å². The average molecular weight is 693 g/mol. The van der Waals surface area contributed by atoms with Crippen molar-refractivity contribution in [2.45, 2.75) is 160 Å². The van der Waals surface area contributed by atoms with Gasteiger partial charge in [-0.1, -0.05) is 129 Å². The number of aliphatic hydroxyl groups is 1. The molecule has 1 aromatic heterocycles. The standard InChI is InChI=1S/C32H58N3O9PS/c1-3-4-5-6-7-8-9-10-11-12-13-14-15-16-17-18-19-20-21-22-25-46(40,41)34-45(39)44-29-27(26-36)43-31(30(29)42-2)35-24-23-28(37)33-32(35)38/h23-24,27,29-31,36H,3-22,25-26H2,1-2H3,(H-,33,34,37,38,39)/p+1/t27-,29?,30+,31-/m1/s1. The van der Waals surface area contributed by atoms with Crippen LogP contribution in [0.3, 0.4) is 0 Å². The molecule has 1 saturated heterocycles. The molecule has 0 aliphatic carbocycles. The van der Waals surface area contributed by atoms with E-state index >= 15 is 0 Å². The molecule has 1 aliphatic heterocycles. The molecule has 0 spiro atoms. The smallest absolute Gasteiger partial charge is 0.394 e. The molecule has 3 N–H and O–H groups in total. The average Bonchev–Trinajstić information content (AvgIpc) is 3.36. The van der Waals surface area contributed by atoms with E-state index in [1.165, 1.54) is 110 Å². The normalized spacial score (nSPS) is 20.4. The Morgan fingerprint density at radius 2 is 1.33 bits per heavy atom. The minimum atomic E-state index is -3.87. The molecule has 2 rings (SSSR count). The Morgan fingerprint density at radius 1 is 0.848 bits per heavy atom. The number of nitrogens with zero attached hydrogens (tertiary/aromatic N) is 1. The summed E-state index contributed by atoms with van der Waals surface area (Å²) in [6.07, 6.45) is 21.6. The number of ether oxygens (including phenoxy) is 2. The van der Waals surface area contributed by atoms with Crippen molar-refractivity contribution in [3.63, 3.8) is 0 Å². The number of hydrogen-bond donors (Lipinski definition) is 3. The fourth-order valence-electron chi connectivity index (χ4n) is 5.92. The number of H-pyrrole nitrogens is 1. The highest BCUT2D eigenvalue weighted by Crippen LogP contribution is 2.37. The highest BCUT2D eigenvalue weighted by atomic mass is 32.2. The van der Waals surface area contributed by atoms with Crippen LogP contribution in [0.25, 0.3) is 0 Å². The molecule has 0 radical (unpaired) electrons. The van der Waals surface area contributed by atoms with E-state index in [1.54, 1.807) is 0 Å². The third-order valence-electron chi connectivity index (χ3n) is 8.56. The zero-order valence-electron chi connectivity index (χ0n) is 28.0. The summed E-state index contributed by atoms with van der Waals surface area (Å²) in [4.78, 5) is 25.7. The zero-order chi connectivity index (χ0) is 33.6. The molecular formula is C32H59N3O9PS+. The topological polar surface area (TPSA) is 166 Å². The quantitative estimate of drug-likeness (QED) is 0.0682. The van der Waals surface area contributed by atoms with E-state index in [9.17, 15) is 27.7 Å². The summed E-state index contributed by atoms with van der Waals surface area (Å²) in [6, 6.07) is 1.12. The van der Waals surface area contributed by atoms with E-state index in [2.05, 4.69) is 16.4 Å².